The zero-order valence-corrected chi connectivity index (χ0v) is 16.1. The van der Waals surface area contributed by atoms with Gasteiger partial charge in [0, 0.05) is 11.1 Å². The fourth-order valence-corrected chi connectivity index (χ4v) is 4.01. The first-order chi connectivity index (χ1) is 13.6. The molecule has 28 heavy (non-hydrogen) atoms. The Morgan fingerprint density at radius 1 is 1.04 bits per heavy atom. The van der Waals surface area contributed by atoms with Crippen molar-refractivity contribution in [2.45, 2.75) is 19.3 Å². The number of nitrogens with two attached hydrogens (primary N) is 1. The van der Waals surface area contributed by atoms with Crippen molar-refractivity contribution < 1.29 is 9.90 Å². The highest BCUT2D eigenvalue weighted by atomic mass is 35.5. The Morgan fingerprint density at radius 3 is 2.57 bits per heavy atom. The molecule has 0 unspecified atom stereocenters. The molecule has 4 nitrogen and oxygen atoms in total. The minimum Gasteiger partial charge on any atom is -0.478 e. The summed E-state index contributed by atoms with van der Waals surface area (Å²) in [5.41, 5.74) is 9.54. The summed E-state index contributed by atoms with van der Waals surface area (Å²) >= 11 is 6.42. The van der Waals surface area contributed by atoms with Gasteiger partial charge in [0.15, 0.2) is 0 Å². The predicted octanol–water partition coefficient (Wildman–Crippen LogP) is 5.62. The highest BCUT2D eigenvalue weighted by Crippen LogP contribution is 2.37. The minimum absolute atomic E-state index is 0.269. The van der Waals surface area contributed by atoms with Crippen LogP contribution in [-0.2, 0) is 6.42 Å². The third-order valence-corrected chi connectivity index (χ3v) is 5.47. The lowest BCUT2D eigenvalue weighted by atomic mass is 9.96. The van der Waals surface area contributed by atoms with Crippen molar-refractivity contribution >= 4 is 39.2 Å². The number of carbonyl (C=O) groups is 1. The van der Waals surface area contributed by atoms with Crippen LogP contribution in [0.4, 0.5) is 0 Å². The zero-order chi connectivity index (χ0) is 19.7. The lowest BCUT2D eigenvalue weighted by molar-refractivity contribution is 0.0699. The Bertz CT molecular complexity index is 1180. The average molecular weight is 393 g/mol. The lowest BCUT2D eigenvalue weighted by Gasteiger charge is -2.08. The topological polar surface area (TPSA) is 79.1 Å². The first kappa shape index (κ1) is 18.5. The van der Waals surface area contributed by atoms with Crippen LogP contribution in [0.3, 0.4) is 0 Å². The van der Waals surface area contributed by atoms with Crippen LogP contribution in [0.5, 0.6) is 0 Å². The van der Waals surface area contributed by atoms with Crippen LogP contribution >= 0.6 is 11.6 Å². The Labute approximate surface area is 167 Å². The normalized spacial score (nSPS) is 11.4. The molecule has 4 aromatic rings. The molecule has 0 saturated heterocycles. The number of aromatic carboxylic acids is 1. The summed E-state index contributed by atoms with van der Waals surface area (Å²) in [7, 11) is 0. The number of hydrogen-bond acceptors (Lipinski definition) is 2. The number of fused-ring (bicyclic) bond motifs is 2. The molecule has 0 aliphatic carbocycles. The van der Waals surface area contributed by atoms with Crippen molar-refractivity contribution in [3.63, 3.8) is 0 Å². The number of hydrogen-bond donors (Lipinski definition) is 3. The van der Waals surface area contributed by atoms with Gasteiger partial charge in [-0.15, -0.1) is 0 Å². The van der Waals surface area contributed by atoms with Crippen molar-refractivity contribution in [2.24, 2.45) is 5.73 Å². The highest BCUT2D eigenvalue weighted by Gasteiger charge is 2.21. The van der Waals surface area contributed by atoms with Gasteiger partial charge in [-0.3, -0.25) is 0 Å². The number of aryl methyl sites for hydroxylation is 1. The first-order valence-corrected chi connectivity index (χ1v) is 9.73. The highest BCUT2D eigenvalue weighted by molar-refractivity contribution is 6.36. The Morgan fingerprint density at radius 2 is 1.82 bits per heavy atom. The van der Waals surface area contributed by atoms with E-state index < -0.39 is 5.97 Å². The van der Waals surface area contributed by atoms with Crippen LogP contribution in [0.25, 0.3) is 32.9 Å². The molecule has 0 aliphatic heterocycles. The molecule has 0 spiro atoms. The number of carboxylic acid groups (broad SMARTS) is 1. The second-order valence-corrected chi connectivity index (χ2v) is 7.34. The van der Waals surface area contributed by atoms with Crippen LogP contribution < -0.4 is 5.73 Å². The van der Waals surface area contributed by atoms with Crippen molar-refractivity contribution in [3.05, 3.63) is 70.7 Å². The van der Waals surface area contributed by atoms with E-state index in [0.717, 1.165) is 46.9 Å². The smallest absolute Gasteiger partial charge is 0.336 e. The SMILES string of the molecule is NCCCCc1c(-c2ccc3ccccc3c2)[nH]c2c(Cl)ccc(C(=O)O)c12. The van der Waals surface area contributed by atoms with Gasteiger partial charge < -0.3 is 15.8 Å². The number of halogens is 1. The molecule has 0 aliphatic rings. The zero-order valence-electron chi connectivity index (χ0n) is 15.3. The maximum Gasteiger partial charge on any atom is 0.336 e. The van der Waals surface area contributed by atoms with E-state index in [1.165, 1.54) is 0 Å². The van der Waals surface area contributed by atoms with E-state index in [2.05, 4.69) is 35.3 Å². The van der Waals surface area contributed by atoms with E-state index in [9.17, 15) is 9.90 Å². The molecule has 142 valence electrons. The predicted molar refractivity (Wildman–Crippen MR) is 115 cm³/mol. The summed E-state index contributed by atoms with van der Waals surface area (Å²) in [6.07, 6.45) is 2.50. The molecule has 0 fully saturated rings. The Kier molecular flexibility index (Phi) is 5.07. The summed E-state index contributed by atoms with van der Waals surface area (Å²) in [6.45, 7) is 0.611. The van der Waals surface area contributed by atoms with Gasteiger partial charge in [-0.1, -0.05) is 48.0 Å². The quantitative estimate of drug-likeness (QED) is 0.372. The minimum atomic E-state index is -0.953. The van der Waals surface area contributed by atoms with Gasteiger partial charge in [-0.05, 0) is 65.9 Å². The van der Waals surface area contributed by atoms with Crippen molar-refractivity contribution in [3.8, 4) is 11.3 Å². The van der Waals surface area contributed by atoms with Crippen molar-refractivity contribution in [1.82, 2.24) is 4.98 Å². The van der Waals surface area contributed by atoms with Gasteiger partial charge in [0.1, 0.15) is 0 Å². The second-order valence-electron chi connectivity index (χ2n) is 6.94. The first-order valence-electron chi connectivity index (χ1n) is 9.35. The van der Waals surface area contributed by atoms with Crippen LogP contribution in [0.2, 0.25) is 5.02 Å². The molecule has 0 radical (unpaired) electrons. The van der Waals surface area contributed by atoms with Crippen LogP contribution in [0.15, 0.2) is 54.6 Å². The third-order valence-electron chi connectivity index (χ3n) is 5.16. The molecule has 0 atom stereocenters. The molecule has 4 N–H and O–H groups in total. The van der Waals surface area contributed by atoms with Crippen molar-refractivity contribution in [1.29, 1.82) is 0 Å². The van der Waals surface area contributed by atoms with E-state index in [1.807, 2.05) is 12.1 Å². The molecule has 0 saturated carbocycles. The molecular weight excluding hydrogens is 372 g/mol. The molecular formula is C23H21ClN2O2. The maximum absolute atomic E-state index is 11.9. The van der Waals surface area contributed by atoms with Crippen LogP contribution in [-0.4, -0.2) is 22.6 Å². The van der Waals surface area contributed by atoms with Gasteiger partial charge in [-0.25, -0.2) is 4.79 Å². The molecule has 1 aromatic heterocycles. The summed E-state index contributed by atoms with van der Waals surface area (Å²) in [6, 6.07) is 17.7. The summed E-state index contributed by atoms with van der Waals surface area (Å²) < 4.78 is 0. The molecule has 5 heteroatoms. The molecule has 3 aromatic carbocycles. The number of aromatic amines is 1. The van der Waals surface area contributed by atoms with E-state index in [1.54, 1.807) is 12.1 Å². The van der Waals surface area contributed by atoms with E-state index >= 15 is 0 Å². The second kappa shape index (κ2) is 7.66. The van der Waals surface area contributed by atoms with Gasteiger partial charge >= 0.3 is 5.97 Å². The Balaban J connectivity index is 1.97. The lowest BCUT2D eigenvalue weighted by Crippen LogP contribution is -2.01. The average Bonchev–Trinajstić information content (AvgIpc) is 3.08. The number of rotatable bonds is 6. The van der Waals surface area contributed by atoms with E-state index in [-0.39, 0.29) is 5.56 Å². The van der Waals surface area contributed by atoms with Crippen LogP contribution in [0, 0.1) is 0 Å². The number of benzene rings is 3. The maximum atomic E-state index is 11.9. The number of aromatic nitrogens is 1. The van der Waals surface area contributed by atoms with E-state index in [0.29, 0.717) is 22.5 Å². The summed E-state index contributed by atoms with van der Waals surface area (Å²) in [5, 5.41) is 13.2. The van der Waals surface area contributed by atoms with Crippen molar-refractivity contribution in [2.75, 3.05) is 6.54 Å². The summed E-state index contributed by atoms with van der Waals surface area (Å²) in [4.78, 5) is 15.3. The van der Waals surface area contributed by atoms with Gasteiger partial charge in [0.2, 0.25) is 0 Å². The fraction of sp³-hybridized carbons (Fsp3) is 0.174. The van der Waals surface area contributed by atoms with Gasteiger partial charge in [-0.2, -0.15) is 0 Å². The van der Waals surface area contributed by atoms with E-state index in [4.69, 9.17) is 17.3 Å². The number of nitrogens with one attached hydrogen (secondary N) is 1. The number of carboxylic acids is 1. The summed E-state index contributed by atoms with van der Waals surface area (Å²) in [5.74, 6) is -0.953. The van der Waals surface area contributed by atoms with Gasteiger partial charge in [0.25, 0.3) is 0 Å². The third kappa shape index (κ3) is 3.26. The number of unbranched alkanes of at least 4 members (excludes halogenated alkanes) is 1. The fourth-order valence-electron chi connectivity index (χ4n) is 3.80. The Hall–Kier alpha value is -2.82. The standard InChI is InChI=1S/C23H21ClN2O2/c24-19-11-10-18(23(27)28)20-17(7-3-4-12-25)21(26-22(19)20)16-9-8-14-5-1-2-6-15(14)13-16/h1-2,5-6,8-11,13,26H,3-4,7,12,25H2,(H,27,28). The number of H-pyrrole nitrogens is 1. The van der Waals surface area contributed by atoms with Gasteiger partial charge in [0.05, 0.1) is 16.1 Å². The van der Waals surface area contributed by atoms with Crippen LogP contribution in [0.1, 0.15) is 28.8 Å². The molecule has 0 bridgehead atoms. The molecule has 1 heterocycles. The largest absolute Gasteiger partial charge is 0.478 e. The monoisotopic (exact) mass is 392 g/mol. The molecule has 0 amide bonds. The molecule has 4 rings (SSSR count).